The molecule has 0 aromatic heterocycles. The van der Waals surface area contributed by atoms with Gasteiger partial charge in [-0.1, -0.05) is 6.07 Å². The van der Waals surface area contributed by atoms with Crippen molar-refractivity contribution in [3.8, 4) is 5.75 Å². The smallest absolute Gasteiger partial charge is 0.344 e. The van der Waals surface area contributed by atoms with Crippen molar-refractivity contribution in [3.63, 3.8) is 0 Å². The first-order chi connectivity index (χ1) is 7.76. The molecular formula is C14H20O3. The number of rotatable bonds is 3. The fourth-order valence-electron chi connectivity index (χ4n) is 1.53. The fraction of sp³-hybridized carbons (Fsp3) is 0.500. The number of hydrogen-bond donors (Lipinski definition) is 0. The van der Waals surface area contributed by atoms with Gasteiger partial charge < -0.3 is 9.47 Å². The van der Waals surface area contributed by atoms with Gasteiger partial charge in [-0.25, -0.2) is 4.79 Å². The second-order valence-electron chi connectivity index (χ2n) is 5.20. The third-order valence-corrected chi connectivity index (χ3v) is 1.97. The molecule has 0 saturated carbocycles. The minimum Gasteiger partial charge on any atom is -0.482 e. The predicted octanol–water partition coefficient (Wildman–Crippen LogP) is 3.02. The summed E-state index contributed by atoms with van der Waals surface area (Å²) in [6.45, 7) is 9.44. The van der Waals surface area contributed by atoms with Crippen molar-refractivity contribution in [1.82, 2.24) is 0 Å². The van der Waals surface area contributed by atoms with E-state index in [9.17, 15) is 4.79 Å². The summed E-state index contributed by atoms with van der Waals surface area (Å²) in [6.07, 6.45) is 0. The summed E-state index contributed by atoms with van der Waals surface area (Å²) in [4.78, 5) is 11.5. The summed E-state index contributed by atoms with van der Waals surface area (Å²) in [6, 6.07) is 5.86. The first-order valence-electron chi connectivity index (χ1n) is 5.69. The van der Waals surface area contributed by atoms with E-state index in [1.807, 2.05) is 46.8 Å². The molecule has 0 heterocycles. The molecule has 17 heavy (non-hydrogen) atoms. The molecule has 0 bridgehead atoms. The van der Waals surface area contributed by atoms with Crippen LogP contribution in [0.3, 0.4) is 0 Å². The highest BCUT2D eigenvalue weighted by Crippen LogP contribution is 2.16. The summed E-state index contributed by atoms with van der Waals surface area (Å²) in [5.41, 5.74) is 1.76. The highest BCUT2D eigenvalue weighted by atomic mass is 16.6. The van der Waals surface area contributed by atoms with Crippen LogP contribution in [0, 0.1) is 13.8 Å². The second kappa shape index (κ2) is 5.21. The molecule has 1 aromatic rings. The number of carbonyl (C=O) groups is 1. The van der Waals surface area contributed by atoms with Gasteiger partial charge in [0.25, 0.3) is 0 Å². The Morgan fingerprint density at radius 2 is 1.65 bits per heavy atom. The van der Waals surface area contributed by atoms with Crippen molar-refractivity contribution in [1.29, 1.82) is 0 Å². The lowest BCUT2D eigenvalue weighted by molar-refractivity contribution is -0.157. The largest absolute Gasteiger partial charge is 0.482 e. The van der Waals surface area contributed by atoms with Gasteiger partial charge in [0.15, 0.2) is 6.61 Å². The normalized spacial score (nSPS) is 11.1. The fourth-order valence-corrected chi connectivity index (χ4v) is 1.53. The lowest BCUT2D eigenvalue weighted by Gasteiger charge is -2.19. The van der Waals surface area contributed by atoms with Gasteiger partial charge in [0.05, 0.1) is 0 Å². The van der Waals surface area contributed by atoms with E-state index in [0.717, 1.165) is 11.1 Å². The van der Waals surface area contributed by atoms with Crippen LogP contribution in [0.1, 0.15) is 31.9 Å². The van der Waals surface area contributed by atoms with Crippen molar-refractivity contribution < 1.29 is 14.3 Å². The number of esters is 1. The van der Waals surface area contributed by atoms with E-state index >= 15 is 0 Å². The monoisotopic (exact) mass is 236 g/mol. The molecule has 0 N–H and O–H groups in total. The van der Waals surface area contributed by atoms with Crippen LogP contribution in [0.15, 0.2) is 18.2 Å². The van der Waals surface area contributed by atoms with Gasteiger partial charge in [-0.15, -0.1) is 0 Å². The molecule has 1 aromatic carbocycles. The van der Waals surface area contributed by atoms with E-state index in [0.29, 0.717) is 5.75 Å². The Kier molecular flexibility index (Phi) is 4.16. The number of hydrogen-bond acceptors (Lipinski definition) is 3. The van der Waals surface area contributed by atoms with E-state index in [1.165, 1.54) is 0 Å². The molecular weight excluding hydrogens is 216 g/mol. The second-order valence-corrected chi connectivity index (χ2v) is 5.20. The Morgan fingerprint density at radius 1 is 1.12 bits per heavy atom. The topological polar surface area (TPSA) is 35.5 Å². The molecule has 0 aliphatic heterocycles. The van der Waals surface area contributed by atoms with Crippen LogP contribution in [-0.4, -0.2) is 18.2 Å². The van der Waals surface area contributed by atoms with Crippen molar-refractivity contribution in [2.24, 2.45) is 0 Å². The Labute approximate surface area is 103 Å². The minimum atomic E-state index is -0.469. The highest BCUT2D eigenvalue weighted by Gasteiger charge is 2.16. The van der Waals surface area contributed by atoms with Crippen LogP contribution in [0.4, 0.5) is 0 Å². The molecule has 0 aliphatic carbocycles. The third kappa shape index (κ3) is 5.38. The number of ether oxygens (including phenoxy) is 2. The zero-order chi connectivity index (χ0) is 13.1. The van der Waals surface area contributed by atoms with Crippen LogP contribution >= 0.6 is 0 Å². The van der Waals surface area contributed by atoms with Crippen LogP contribution in [0.5, 0.6) is 5.75 Å². The molecule has 0 spiro atoms. The lowest BCUT2D eigenvalue weighted by atomic mass is 10.1. The van der Waals surface area contributed by atoms with Gasteiger partial charge in [0, 0.05) is 0 Å². The summed E-state index contributed by atoms with van der Waals surface area (Å²) >= 11 is 0. The standard InChI is InChI=1S/C14H20O3/c1-10-6-11(2)8-12(7-10)16-9-13(15)17-14(3,4)5/h6-8H,9H2,1-5H3. The molecule has 0 unspecified atom stereocenters. The van der Waals surface area contributed by atoms with Crippen molar-refractivity contribution in [3.05, 3.63) is 29.3 Å². The van der Waals surface area contributed by atoms with Crippen LogP contribution in [-0.2, 0) is 9.53 Å². The van der Waals surface area contributed by atoms with E-state index in [1.54, 1.807) is 0 Å². The minimum absolute atomic E-state index is 0.0554. The Morgan fingerprint density at radius 3 is 2.12 bits per heavy atom. The zero-order valence-electron chi connectivity index (χ0n) is 11.2. The quantitative estimate of drug-likeness (QED) is 0.757. The molecule has 0 atom stereocenters. The first kappa shape index (κ1) is 13.6. The lowest BCUT2D eigenvalue weighted by Crippen LogP contribution is -2.27. The van der Waals surface area contributed by atoms with E-state index < -0.39 is 5.60 Å². The maximum Gasteiger partial charge on any atom is 0.344 e. The van der Waals surface area contributed by atoms with Gasteiger partial charge in [-0.05, 0) is 57.9 Å². The molecule has 0 aliphatic rings. The molecule has 0 fully saturated rings. The van der Waals surface area contributed by atoms with Crippen molar-refractivity contribution in [2.45, 2.75) is 40.2 Å². The van der Waals surface area contributed by atoms with Crippen molar-refractivity contribution >= 4 is 5.97 Å². The maximum atomic E-state index is 11.5. The summed E-state index contributed by atoms with van der Waals surface area (Å²) < 4.78 is 10.6. The molecule has 3 nitrogen and oxygen atoms in total. The predicted molar refractivity (Wildman–Crippen MR) is 67.3 cm³/mol. The average Bonchev–Trinajstić information content (AvgIpc) is 2.10. The highest BCUT2D eigenvalue weighted by molar-refractivity contribution is 5.71. The Bertz CT molecular complexity index is 382. The first-order valence-corrected chi connectivity index (χ1v) is 5.69. The number of benzene rings is 1. The molecule has 3 heteroatoms. The van der Waals surface area contributed by atoms with Crippen molar-refractivity contribution in [2.75, 3.05) is 6.61 Å². The van der Waals surface area contributed by atoms with Gasteiger partial charge in [0.2, 0.25) is 0 Å². The number of carbonyl (C=O) groups excluding carboxylic acids is 1. The zero-order valence-corrected chi connectivity index (χ0v) is 11.2. The van der Waals surface area contributed by atoms with Gasteiger partial charge >= 0.3 is 5.97 Å². The number of aryl methyl sites for hydroxylation is 2. The van der Waals surface area contributed by atoms with E-state index in [4.69, 9.17) is 9.47 Å². The van der Waals surface area contributed by atoms with Crippen LogP contribution in [0.25, 0.3) is 0 Å². The molecule has 0 amide bonds. The summed E-state index contributed by atoms with van der Waals surface area (Å²) in [5.74, 6) is 0.352. The van der Waals surface area contributed by atoms with Gasteiger partial charge in [-0.3, -0.25) is 0 Å². The van der Waals surface area contributed by atoms with E-state index in [-0.39, 0.29) is 12.6 Å². The third-order valence-electron chi connectivity index (χ3n) is 1.97. The molecule has 0 saturated heterocycles. The molecule has 1 rings (SSSR count). The summed E-state index contributed by atoms with van der Waals surface area (Å²) in [5, 5.41) is 0. The molecule has 0 radical (unpaired) electrons. The maximum absolute atomic E-state index is 11.5. The van der Waals surface area contributed by atoms with Crippen LogP contribution in [0.2, 0.25) is 0 Å². The molecule has 94 valence electrons. The van der Waals surface area contributed by atoms with Crippen LogP contribution < -0.4 is 4.74 Å². The van der Waals surface area contributed by atoms with Gasteiger partial charge in [-0.2, -0.15) is 0 Å². The summed E-state index contributed by atoms with van der Waals surface area (Å²) in [7, 11) is 0. The van der Waals surface area contributed by atoms with E-state index in [2.05, 4.69) is 6.07 Å². The Balaban J connectivity index is 2.53. The van der Waals surface area contributed by atoms with Gasteiger partial charge in [0.1, 0.15) is 11.4 Å². The SMILES string of the molecule is Cc1cc(C)cc(OCC(=O)OC(C)(C)C)c1. The average molecular weight is 236 g/mol. The Hall–Kier alpha value is -1.51.